The Bertz CT molecular complexity index is 2260. The maximum atomic E-state index is 13.2. The molecular formula is C66H110N2O26. The Morgan fingerprint density at radius 2 is 1.02 bits per heavy atom. The number of esters is 1. The van der Waals surface area contributed by atoms with Crippen LogP contribution in [-0.2, 0) is 71.2 Å². The molecule has 2 bridgehead atoms. The number of hydrogen-bond acceptors (Lipinski definition) is 26. The van der Waals surface area contributed by atoms with Gasteiger partial charge in [0.25, 0.3) is 0 Å². The molecule has 0 aliphatic carbocycles. The number of carbonyl (C=O) groups is 3. The molecular weight excluding hydrogens is 1240 g/mol. The predicted molar refractivity (Wildman–Crippen MR) is 341 cm³/mol. The molecule has 0 aromatic heterocycles. The molecule has 3 rings (SSSR count). The van der Waals surface area contributed by atoms with Gasteiger partial charge < -0.3 is 124 Å². The number of hydrogen-bond donors (Lipinski definition) is 13. The van der Waals surface area contributed by atoms with Crippen LogP contribution in [0.4, 0.5) is 0 Å². The van der Waals surface area contributed by atoms with Gasteiger partial charge in [-0.2, -0.15) is 0 Å². The second kappa shape index (κ2) is 49.3. The number of nitrogens with one attached hydrogen (secondary N) is 1. The number of carboxylic acid groups (broad SMARTS) is 1. The monoisotopic (exact) mass is 1350 g/mol. The van der Waals surface area contributed by atoms with E-state index in [1.54, 1.807) is 86.8 Å². The lowest BCUT2D eigenvalue weighted by Gasteiger charge is -2.45. The number of cyclic esters (lactones) is 1. The highest BCUT2D eigenvalue weighted by molar-refractivity contribution is 5.76. The highest BCUT2D eigenvalue weighted by atomic mass is 16.7. The van der Waals surface area contributed by atoms with Crippen LogP contribution in [0.2, 0.25) is 0 Å². The normalized spacial score (nSPS) is 35.1. The first-order chi connectivity index (χ1) is 45.0. The van der Waals surface area contributed by atoms with Crippen molar-refractivity contribution in [2.45, 2.75) is 183 Å². The lowest BCUT2D eigenvalue weighted by molar-refractivity contribution is -0.309. The van der Waals surface area contributed by atoms with Crippen LogP contribution in [0.1, 0.15) is 85.5 Å². The number of aliphatic hydroxyl groups excluding tert-OH is 9. The van der Waals surface area contributed by atoms with Crippen LogP contribution >= 0.6 is 0 Å². The second-order valence-corrected chi connectivity index (χ2v) is 23.5. The van der Waals surface area contributed by atoms with Gasteiger partial charge in [0.2, 0.25) is 5.91 Å². The molecule has 1 amide bonds. The van der Waals surface area contributed by atoms with Gasteiger partial charge >= 0.3 is 11.9 Å². The molecule has 0 aromatic rings. The highest BCUT2D eigenvalue weighted by Crippen LogP contribution is 2.38. The van der Waals surface area contributed by atoms with Gasteiger partial charge in [-0.15, -0.1) is 0 Å². The Morgan fingerprint density at radius 1 is 0.543 bits per heavy atom. The topological polar surface area (TPSA) is 423 Å². The first kappa shape index (κ1) is 83.9. The summed E-state index contributed by atoms with van der Waals surface area (Å²) in [5.74, 6) is -7.69. The number of aliphatic carboxylic acids is 1. The number of rotatable bonds is 30. The van der Waals surface area contributed by atoms with E-state index >= 15 is 0 Å². The van der Waals surface area contributed by atoms with E-state index in [0.717, 1.165) is 0 Å². The number of carbonyl (C=O) groups excluding carboxylic acids is 2. The zero-order valence-corrected chi connectivity index (χ0v) is 55.0. The molecule has 0 unspecified atom stereocenters. The van der Waals surface area contributed by atoms with Gasteiger partial charge in [-0.25, -0.2) is 0 Å². The van der Waals surface area contributed by atoms with Crippen molar-refractivity contribution in [2.24, 2.45) is 23.5 Å². The summed E-state index contributed by atoms with van der Waals surface area (Å²) in [6, 6.07) is -1.33. The third-order valence-electron chi connectivity index (χ3n) is 15.6. The molecule has 14 N–H and O–H groups in total. The highest BCUT2D eigenvalue weighted by Gasteiger charge is 2.51. The van der Waals surface area contributed by atoms with E-state index in [4.69, 9.17) is 62.6 Å². The van der Waals surface area contributed by atoms with Gasteiger partial charge in [0.1, 0.15) is 24.2 Å². The van der Waals surface area contributed by atoms with Gasteiger partial charge in [0.15, 0.2) is 12.1 Å². The maximum Gasteiger partial charge on any atom is 0.311 e. The maximum absolute atomic E-state index is 13.2. The fourth-order valence-corrected chi connectivity index (χ4v) is 10.3. The van der Waals surface area contributed by atoms with Crippen molar-refractivity contribution in [2.75, 3.05) is 112 Å². The minimum atomic E-state index is -2.41. The van der Waals surface area contributed by atoms with Gasteiger partial charge in [0.05, 0.1) is 179 Å². The average molecular weight is 1350 g/mol. The zero-order valence-electron chi connectivity index (χ0n) is 55.0. The van der Waals surface area contributed by atoms with Crippen molar-refractivity contribution < 1.29 is 127 Å². The van der Waals surface area contributed by atoms with Crippen molar-refractivity contribution in [3.8, 4) is 0 Å². The molecule has 3 aliphatic rings. The molecule has 3 heterocycles. The molecule has 28 heteroatoms. The van der Waals surface area contributed by atoms with Gasteiger partial charge in [-0.1, -0.05) is 98.9 Å². The molecule has 540 valence electrons. The summed E-state index contributed by atoms with van der Waals surface area (Å²) in [7, 11) is 0. The number of ether oxygens (including phenoxy) is 12. The minimum absolute atomic E-state index is 0.0271. The minimum Gasteiger partial charge on any atom is -0.481 e. The number of amides is 1. The molecule has 0 saturated carbocycles. The number of allylic oxidation sites excluding steroid dienone is 12. The Balaban J connectivity index is 1.62. The summed E-state index contributed by atoms with van der Waals surface area (Å²) < 4.78 is 67.4. The van der Waals surface area contributed by atoms with Crippen molar-refractivity contribution >= 4 is 17.8 Å². The molecule has 2 saturated heterocycles. The van der Waals surface area contributed by atoms with E-state index in [9.17, 15) is 70.6 Å². The van der Waals surface area contributed by atoms with E-state index in [0.29, 0.717) is 92.4 Å². The standard InChI is InChI=1S/C66H110N2O26/c1-45-17-15-13-11-9-7-5-6-8-10-12-14-16-18-52(42-56-59(64(80)81)55(74)44-66(82,94-56)43-51(71)40-54(73)53(72)20-19-49(69)39-50(70)41-58(76)91-47(3)46(2)61(45)77)93-65-63(79)60(62(78)48(4)92-65)68-57(75)21-23-83-25-27-85-29-31-87-33-35-89-37-38-90-36-34-88-32-30-86-28-26-84-24-22-67/h5-18,45-56,59-63,65,69-74,77-79,82H,19-44,67H2,1-4H3,(H,68,75)(H,80,81)/b6-5+,9-7+,10-8+,13-11+,14-12+,17-15+,18-16+/t45-,46-,47-,48+,49+,50+,51-,52-,53+,54+,55-,56-,59+,60-,61+,62+,63-,65-,66+/m0/s1. The second-order valence-electron chi connectivity index (χ2n) is 23.5. The molecule has 3 aliphatic heterocycles. The number of nitrogens with two attached hydrogens (primary N) is 1. The Morgan fingerprint density at radius 3 is 1.52 bits per heavy atom. The van der Waals surface area contributed by atoms with Gasteiger partial charge in [-0.3, -0.25) is 14.4 Å². The quantitative estimate of drug-likeness (QED) is 0.0341. The smallest absolute Gasteiger partial charge is 0.311 e. The average Bonchev–Trinajstić information content (AvgIpc) is 0.799. The summed E-state index contributed by atoms with van der Waals surface area (Å²) in [5, 5.41) is 124. The van der Waals surface area contributed by atoms with Gasteiger partial charge in [-0.05, 0) is 33.1 Å². The largest absolute Gasteiger partial charge is 0.481 e. The third kappa shape index (κ3) is 35.8. The lowest BCUT2D eigenvalue weighted by Crippen LogP contribution is -2.64. The van der Waals surface area contributed by atoms with Gasteiger partial charge in [0, 0.05) is 50.5 Å². The summed E-state index contributed by atoms with van der Waals surface area (Å²) in [6.07, 6.45) is 1.34. The molecule has 0 radical (unpaired) electrons. The van der Waals surface area contributed by atoms with E-state index in [1.165, 1.54) is 13.0 Å². The van der Waals surface area contributed by atoms with E-state index in [2.05, 4.69) is 5.32 Å². The van der Waals surface area contributed by atoms with Crippen molar-refractivity contribution in [1.82, 2.24) is 5.32 Å². The zero-order chi connectivity index (χ0) is 69.1. The molecule has 0 aromatic carbocycles. The third-order valence-corrected chi connectivity index (χ3v) is 15.6. The molecule has 19 atom stereocenters. The van der Waals surface area contributed by atoms with Crippen LogP contribution in [-0.4, -0.2) is 284 Å². The van der Waals surface area contributed by atoms with Crippen LogP contribution in [0, 0.1) is 17.8 Å². The Labute approximate surface area is 552 Å². The fourth-order valence-electron chi connectivity index (χ4n) is 10.3. The summed E-state index contributed by atoms with van der Waals surface area (Å²) in [4.78, 5) is 38.7. The summed E-state index contributed by atoms with van der Waals surface area (Å²) in [5.41, 5.74) is 5.36. The van der Waals surface area contributed by atoms with Crippen molar-refractivity contribution in [3.05, 3.63) is 85.1 Å². The summed E-state index contributed by atoms with van der Waals surface area (Å²) >= 11 is 0. The molecule has 0 spiro atoms. The van der Waals surface area contributed by atoms with Crippen LogP contribution < -0.4 is 11.1 Å². The lowest BCUT2D eigenvalue weighted by atomic mass is 9.82. The summed E-state index contributed by atoms with van der Waals surface area (Å²) in [6.45, 7) is 13.0. The molecule has 2 fully saturated rings. The number of aliphatic hydroxyl groups is 10. The van der Waals surface area contributed by atoms with E-state index in [-0.39, 0.29) is 51.4 Å². The Kier molecular flexibility index (Phi) is 44.0. The first-order valence-electron chi connectivity index (χ1n) is 32.6. The number of fused-ring (bicyclic) bond motifs is 2. The molecule has 28 nitrogen and oxygen atoms in total. The van der Waals surface area contributed by atoms with E-state index in [1.807, 2.05) is 13.0 Å². The first-order valence-corrected chi connectivity index (χ1v) is 32.6. The van der Waals surface area contributed by atoms with Crippen LogP contribution in [0.5, 0.6) is 0 Å². The van der Waals surface area contributed by atoms with Crippen molar-refractivity contribution in [1.29, 1.82) is 0 Å². The fraction of sp³-hybridized carbons (Fsp3) is 0.742. The predicted octanol–water partition coefficient (Wildman–Crippen LogP) is 0.351. The van der Waals surface area contributed by atoms with Crippen molar-refractivity contribution in [3.63, 3.8) is 0 Å². The van der Waals surface area contributed by atoms with Crippen LogP contribution in [0.3, 0.4) is 0 Å². The Hall–Kier alpha value is -4.29. The van der Waals surface area contributed by atoms with Crippen LogP contribution in [0.25, 0.3) is 0 Å². The number of carboxylic acids is 1. The molecule has 94 heavy (non-hydrogen) atoms. The van der Waals surface area contributed by atoms with Crippen LogP contribution in [0.15, 0.2) is 85.1 Å². The van der Waals surface area contributed by atoms with E-state index < -0.39 is 159 Å². The SMILES string of the molecule is C[C@@H]1[C@H](O)[C@@H](C)/C=C/C=C/C=C/C=C/C=C/C=C/C=C/[C@H](O[C@@H]2O[C@H](C)[C@@H](O)[C@H](NC(=O)CCOCCOCCOCCOCCOCCOCCOCCOCCN)[C@@H]2O)C[C@@H]2O[C@](O)(C[C@@H](O)C[C@@H](O)[C@H](O)CC[C@@H](O)C[C@@H](O)CC(=O)O[C@H]1C)C[C@H](O)[C@H]2C(=O)O.